The summed E-state index contributed by atoms with van der Waals surface area (Å²) in [7, 11) is 3.56. The molecule has 0 bridgehead atoms. The summed E-state index contributed by atoms with van der Waals surface area (Å²) >= 11 is 0. The highest BCUT2D eigenvalue weighted by atomic mass is 16.7. The highest BCUT2D eigenvalue weighted by Gasteiger charge is 2.15. The second-order valence-electron chi connectivity index (χ2n) is 6.99. The highest BCUT2D eigenvalue weighted by molar-refractivity contribution is 5.78. The van der Waals surface area contributed by atoms with Gasteiger partial charge in [-0.15, -0.1) is 0 Å². The van der Waals surface area contributed by atoms with Crippen LogP contribution in [-0.4, -0.2) is 36.3 Å². The molecule has 1 aliphatic heterocycles. The molecule has 4 rings (SSSR count). The molecule has 2 aromatic carbocycles. The van der Waals surface area contributed by atoms with E-state index in [0.29, 0.717) is 29.4 Å². The van der Waals surface area contributed by atoms with Crippen molar-refractivity contribution in [1.82, 2.24) is 14.9 Å². The molecule has 1 amide bonds. The van der Waals surface area contributed by atoms with Crippen molar-refractivity contribution in [3.05, 3.63) is 58.4 Å². The lowest BCUT2D eigenvalue weighted by Crippen LogP contribution is -2.31. The van der Waals surface area contributed by atoms with Crippen LogP contribution in [0.2, 0.25) is 0 Å². The number of carbonyl (C=O) groups excluding carboxylic acids is 1. The average Bonchev–Trinajstić information content (AvgIpc) is 3.19. The van der Waals surface area contributed by atoms with Gasteiger partial charge in [0.25, 0.3) is 5.56 Å². The molecule has 0 saturated heterocycles. The smallest absolute Gasteiger partial charge is 0.293 e. The second kappa shape index (κ2) is 7.83. The molecule has 0 atom stereocenters. The summed E-state index contributed by atoms with van der Waals surface area (Å²) in [5.41, 5.74) is 2.14. The van der Waals surface area contributed by atoms with Gasteiger partial charge in [-0.2, -0.15) is 0 Å². The van der Waals surface area contributed by atoms with E-state index in [9.17, 15) is 9.59 Å². The van der Waals surface area contributed by atoms with E-state index in [4.69, 9.17) is 9.47 Å². The first-order valence-electron chi connectivity index (χ1n) is 9.35. The van der Waals surface area contributed by atoms with Crippen LogP contribution in [0.15, 0.2) is 47.3 Å². The summed E-state index contributed by atoms with van der Waals surface area (Å²) in [5.74, 6) is 1.61. The number of anilines is 1. The molecule has 1 aliphatic rings. The van der Waals surface area contributed by atoms with E-state index in [0.717, 1.165) is 11.1 Å². The number of benzene rings is 2. The van der Waals surface area contributed by atoms with E-state index < -0.39 is 0 Å². The van der Waals surface area contributed by atoms with Crippen molar-refractivity contribution in [2.24, 2.45) is 0 Å². The van der Waals surface area contributed by atoms with Gasteiger partial charge in [-0.05, 0) is 29.8 Å². The maximum Gasteiger partial charge on any atom is 0.293 e. The van der Waals surface area contributed by atoms with Gasteiger partial charge in [0.05, 0.1) is 11.0 Å². The summed E-state index contributed by atoms with van der Waals surface area (Å²) in [5, 5.41) is 2.89. The first-order valence-corrected chi connectivity index (χ1v) is 9.35. The first-order chi connectivity index (χ1) is 14.0. The third-order valence-corrected chi connectivity index (χ3v) is 4.75. The van der Waals surface area contributed by atoms with E-state index >= 15 is 0 Å². The molecule has 29 heavy (non-hydrogen) atoms. The van der Waals surface area contributed by atoms with E-state index in [1.54, 1.807) is 23.6 Å². The lowest BCUT2D eigenvalue weighted by Gasteiger charge is -2.16. The number of aromatic nitrogens is 2. The van der Waals surface area contributed by atoms with Gasteiger partial charge in [0.15, 0.2) is 17.3 Å². The van der Waals surface area contributed by atoms with Crippen LogP contribution in [0.5, 0.6) is 11.5 Å². The number of nitrogens with zero attached hydrogens (tertiary/aromatic N) is 3. The van der Waals surface area contributed by atoms with Crippen LogP contribution < -0.4 is 25.2 Å². The third-order valence-electron chi connectivity index (χ3n) is 4.75. The molecule has 150 valence electrons. The number of hydrogen-bond donors (Lipinski definition) is 1. The molecule has 0 unspecified atom stereocenters. The maximum absolute atomic E-state index is 12.8. The molecule has 2 heterocycles. The maximum atomic E-state index is 12.8. The summed E-state index contributed by atoms with van der Waals surface area (Å²) in [6.07, 6.45) is 0.186. The van der Waals surface area contributed by atoms with Crippen molar-refractivity contribution < 1.29 is 14.3 Å². The Kier molecular flexibility index (Phi) is 5.07. The molecule has 0 fully saturated rings. The largest absolute Gasteiger partial charge is 0.454 e. The summed E-state index contributed by atoms with van der Waals surface area (Å²) in [6.45, 7) is 0.870. The number of carbonyl (C=O) groups is 1. The van der Waals surface area contributed by atoms with Gasteiger partial charge in [0, 0.05) is 33.6 Å². The van der Waals surface area contributed by atoms with Gasteiger partial charge in [-0.1, -0.05) is 18.2 Å². The number of hydrogen-bond acceptors (Lipinski definition) is 6. The van der Waals surface area contributed by atoms with Crippen LogP contribution in [0.1, 0.15) is 12.0 Å². The minimum absolute atomic E-state index is 0.137. The summed E-state index contributed by atoms with van der Waals surface area (Å²) in [4.78, 5) is 31.3. The van der Waals surface area contributed by atoms with Crippen LogP contribution >= 0.6 is 0 Å². The zero-order chi connectivity index (χ0) is 20.4. The molecule has 0 saturated carbocycles. The Hall–Kier alpha value is -3.55. The third kappa shape index (κ3) is 3.87. The van der Waals surface area contributed by atoms with Crippen molar-refractivity contribution in [1.29, 1.82) is 0 Å². The minimum Gasteiger partial charge on any atom is -0.454 e. The fraction of sp³-hybridized carbons (Fsp3) is 0.286. The monoisotopic (exact) mass is 394 g/mol. The van der Waals surface area contributed by atoms with Crippen molar-refractivity contribution in [2.75, 3.05) is 25.8 Å². The first kappa shape index (κ1) is 18.8. The molecule has 8 nitrogen and oxygen atoms in total. The standard InChI is InChI=1S/C21H22N4O4/c1-24(2)20-21(27)25(16-6-4-3-5-15(16)23-20)10-9-19(26)22-12-14-7-8-17-18(11-14)29-13-28-17/h3-8,11H,9-10,12-13H2,1-2H3,(H,22,26). The fourth-order valence-electron chi connectivity index (χ4n) is 3.25. The predicted molar refractivity (Wildman–Crippen MR) is 109 cm³/mol. The van der Waals surface area contributed by atoms with Gasteiger partial charge in [-0.3, -0.25) is 9.59 Å². The molecular formula is C21H22N4O4. The molecule has 0 spiro atoms. The summed E-state index contributed by atoms with van der Waals surface area (Å²) < 4.78 is 12.3. The fourth-order valence-corrected chi connectivity index (χ4v) is 3.25. The van der Waals surface area contributed by atoms with Crippen LogP contribution in [0.3, 0.4) is 0 Å². The minimum atomic E-state index is -0.211. The molecule has 1 aromatic heterocycles. The van der Waals surface area contributed by atoms with E-state index in [1.165, 1.54) is 0 Å². The number of rotatable bonds is 6. The lowest BCUT2D eigenvalue weighted by atomic mass is 10.2. The number of amides is 1. The molecule has 1 N–H and O–H groups in total. The van der Waals surface area contributed by atoms with Gasteiger partial charge in [0.2, 0.25) is 12.7 Å². The topological polar surface area (TPSA) is 85.7 Å². The molecule has 3 aromatic rings. The van der Waals surface area contributed by atoms with E-state index in [-0.39, 0.29) is 31.2 Å². The number of fused-ring (bicyclic) bond motifs is 2. The molecule has 0 radical (unpaired) electrons. The molecular weight excluding hydrogens is 372 g/mol. The van der Waals surface area contributed by atoms with Crippen molar-refractivity contribution >= 4 is 22.8 Å². The van der Waals surface area contributed by atoms with E-state index in [1.807, 2.05) is 42.5 Å². The Morgan fingerprint density at radius 3 is 2.79 bits per heavy atom. The predicted octanol–water partition coefficient (Wildman–Crippen LogP) is 1.90. The Morgan fingerprint density at radius 2 is 1.97 bits per heavy atom. The Morgan fingerprint density at radius 1 is 1.17 bits per heavy atom. The zero-order valence-electron chi connectivity index (χ0n) is 16.3. The lowest BCUT2D eigenvalue weighted by molar-refractivity contribution is -0.121. The molecule has 0 aliphatic carbocycles. The quantitative estimate of drug-likeness (QED) is 0.687. The Bertz CT molecular complexity index is 1120. The van der Waals surface area contributed by atoms with Crippen molar-refractivity contribution in [3.63, 3.8) is 0 Å². The van der Waals surface area contributed by atoms with E-state index in [2.05, 4.69) is 10.3 Å². The average molecular weight is 394 g/mol. The van der Waals surface area contributed by atoms with Crippen LogP contribution in [0.4, 0.5) is 5.82 Å². The van der Waals surface area contributed by atoms with Crippen molar-refractivity contribution in [3.8, 4) is 11.5 Å². The molecule has 8 heteroatoms. The van der Waals surface area contributed by atoms with Gasteiger partial charge in [-0.25, -0.2) is 4.98 Å². The number of para-hydroxylation sites is 2. The number of aryl methyl sites for hydroxylation is 1. The number of nitrogens with one attached hydrogen (secondary N) is 1. The zero-order valence-corrected chi connectivity index (χ0v) is 16.3. The van der Waals surface area contributed by atoms with Crippen molar-refractivity contribution in [2.45, 2.75) is 19.5 Å². The normalized spacial score (nSPS) is 12.2. The van der Waals surface area contributed by atoms with Gasteiger partial charge < -0.3 is 24.3 Å². The highest BCUT2D eigenvalue weighted by Crippen LogP contribution is 2.32. The summed E-state index contributed by atoms with van der Waals surface area (Å²) in [6, 6.07) is 13.0. The van der Waals surface area contributed by atoms with Crippen LogP contribution in [0.25, 0.3) is 11.0 Å². The van der Waals surface area contributed by atoms with Gasteiger partial charge in [0.1, 0.15) is 0 Å². The Labute approximate surface area is 167 Å². The van der Waals surface area contributed by atoms with Crippen LogP contribution in [-0.2, 0) is 17.9 Å². The van der Waals surface area contributed by atoms with Crippen LogP contribution in [0, 0.1) is 0 Å². The number of ether oxygens (including phenoxy) is 2. The van der Waals surface area contributed by atoms with Gasteiger partial charge >= 0.3 is 0 Å². The Balaban J connectivity index is 1.46. The second-order valence-corrected chi connectivity index (χ2v) is 6.99. The SMILES string of the molecule is CN(C)c1nc2ccccc2n(CCC(=O)NCc2ccc3c(c2)OCO3)c1=O.